The maximum Gasteiger partial charge on any atom is 0.317 e. The summed E-state index contributed by atoms with van der Waals surface area (Å²) in [6, 6.07) is 10.5. The Hall–Kier alpha value is -2.15. The van der Waals surface area contributed by atoms with Gasteiger partial charge in [-0.05, 0) is 32.4 Å². The first-order valence-electron chi connectivity index (χ1n) is 8.39. The van der Waals surface area contributed by atoms with E-state index < -0.39 is 0 Å². The highest BCUT2D eigenvalue weighted by atomic mass is 16.2. The highest BCUT2D eigenvalue weighted by Gasteiger charge is 2.20. The van der Waals surface area contributed by atoms with Crippen LogP contribution < -0.4 is 10.2 Å². The molecule has 1 heterocycles. The van der Waals surface area contributed by atoms with Crippen LogP contribution in [0.5, 0.6) is 0 Å². The van der Waals surface area contributed by atoms with Crippen LogP contribution in [0.3, 0.4) is 0 Å². The third kappa shape index (κ3) is 7.10. The Balaban J connectivity index is 0.000000593. The van der Waals surface area contributed by atoms with Crippen molar-refractivity contribution >= 4 is 11.7 Å². The van der Waals surface area contributed by atoms with Crippen LogP contribution in [0.25, 0.3) is 0 Å². The first-order valence-corrected chi connectivity index (χ1v) is 8.39. The van der Waals surface area contributed by atoms with Gasteiger partial charge < -0.3 is 15.1 Å². The quantitative estimate of drug-likeness (QED) is 0.683. The number of benzene rings is 1. The van der Waals surface area contributed by atoms with E-state index in [9.17, 15) is 4.79 Å². The fourth-order valence-electron chi connectivity index (χ4n) is 2.29. The molecule has 2 amide bonds. The molecule has 2 rings (SSSR count). The molecule has 4 heteroatoms. The van der Waals surface area contributed by atoms with Gasteiger partial charge in [0.05, 0.1) is 0 Å². The van der Waals surface area contributed by atoms with Gasteiger partial charge in [0.15, 0.2) is 0 Å². The molecule has 1 N–H and O–H groups in total. The second kappa shape index (κ2) is 11.4. The van der Waals surface area contributed by atoms with Gasteiger partial charge in [0.2, 0.25) is 0 Å². The predicted molar refractivity (Wildman–Crippen MR) is 97.7 cm³/mol. The van der Waals surface area contributed by atoms with Crippen LogP contribution in [0.1, 0.15) is 33.6 Å². The zero-order valence-electron chi connectivity index (χ0n) is 14.6. The first kappa shape index (κ1) is 18.9. The summed E-state index contributed by atoms with van der Waals surface area (Å²) >= 11 is 0. The highest BCUT2D eigenvalue weighted by Crippen LogP contribution is 2.15. The minimum atomic E-state index is 0.0844. The number of unbranched alkanes of at least 4 members (excludes halogenated alkanes) is 1. The van der Waals surface area contributed by atoms with Gasteiger partial charge in [-0.3, -0.25) is 0 Å². The lowest BCUT2D eigenvalue weighted by Gasteiger charge is -2.36. The Morgan fingerprint density at radius 2 is 1.70 bits per heavy atom. The summed E-state index contributed by atoms with van der Waals surface area (Å²) in [5.74, 6) is 5.36. The van der Waals surface area contributed by atoms with Gasteiger partial charge >= 0.3 is 6.03 Å². The van der Waals surface area contributed by atoms with Crippen molar-refractivity contribution in [3.8, 4) is 11.8 Å². The highest BCUT2D eigenvalue weighted by molar-refractivity contribution is 5.74. The molecule has 0 spiro atoms. The largest absolute Gasteiger partial charge is 0.368 e. The van der Waals surface area contributed by atoms with Gasteiger partial charge in [-0.2, -0.15) is 0 Å². The Morgan fingerprint density at radius 1 is 1.09 bits per heavy atom. The van der Waals surface area contributed by atoms with E-state index in [1.165, 1.54) is 5.69 Å². The van der Waals surface area contributed by atoms with Gasteiger partial charge in [-0.15, -0.1) is 11.8 Å². The lowest BCUT2D eigenvalue weighted by molar-refractivity contribution is 0.194. The smallest absolute Gasteiger partial charge is 0.317 e. The minimum absolute atomic E-state index is 0.0844. The molecule has 0 saturated carbocycles. The number of carbonyl (C=O) groups is 1. The van der Waals surface area contributed by atoms with E-state index in [0.717, 1.165) is 45.6 Å². The number of para-hydroxylation sites is 1. The number of piperazine rings is 1. The number of urea groups is 1. The van der Waals surface area contributed by atoms with Crippen molar-refractivity contribution in [1.82, 2.24) is 10.2 Å². The summed E-state index contributed by atoms with van der Waals surface area (Å²) < 4.78 is 0. The normalized spacial score (nSPS) is 13.3. The summed E-state index contributed by atoms with van der Waals surface area (Å²) in [5.41, 5.74) is 1.24. The van der Waals surface area contributed by atoms with E-state index in [1.807, 2.05) is 24.8 Å². The number of carbonyl (C=O) groups excluding carboxylic acids is 1. The molecule has 0 radical (unpaired) electrons. The maximum atomic E-state index is 11.9. The lowest BCUT2D eigenvalue weighted by atomic mass is 10.2. The molecular weight excluding hydrogens is 286 g/mol. The summed E-state index contributed by atoms with van der Waals surface area (Å²) in [6.07, 6.45) is 2.16. The SMILES string of the molecule is CC#CC.CCCCNC(=O)N1CCN(c2ccccc2)CC1. The molecule has 23 heavy (non-hydrogen) atoms. The summed E-state index contributed by atoms with van der Waals surface area (Å²) in [4.78, 5) is 16.2. The Labute approximate surface area is 140 Å². The molecule has 0 bridgehead atoms. The van der Waals surface area contributed by atoms with Crippen LogP contribution in [-0.4, -0.2) is 43.7 Å². The average Bonchev–Trinajstić information content (AvgIpc) is 2.63. The first-order chi connectivity index (χ1) is 11.2. The van der Waals surface area contributed by atoms with Crippen LogP contribution in [0, 0.1) is 11.8 Å². The molecule has 1 aliphatic rings. The Bertz CT molecular complexity index is 490. The second-order valence-corrected chi connectivity index (χ2v) is 5.40. The molecule has 1 aromatic carbocycles. The van der Waals surface area contributed by atoms with Crippen LogP contribution in [-0.2, 0) is 0 Å². The molecule has 4 nitrogen and oxygen atoms in total. The standard InChI is InChI=1S/C15H23N3O.C4H6/c1-2-3-9-16-15(19)18-12-10-17(11-13-18)14-7-5-4-6-8-14;1-3-4-2/h4-8H,2-3,9-13H2,1H3,(H,16,19);1-2H3. The number of anilines is 1. The monoisotopic (exact) mass is 315 g/mol. The molecule has 1 aromatic rings. The minimum Gasteiger partial charge on any atom is -0.368 e. The van der Waals surface area contributed by atoms with E-state index in [-0.39, 0.29) is 6.03 Å². The maximum absolute atomic E-state index is 11.9. The number of nitrogens with zero attached hydrogens (tertiary/aromatic N) is 2. The van der Waals surface area contributed by atoms with E-state index in [2.05, 4.69) is 53.2 Å². The van der Waals surface area contributed by atoms with Crippen molar-refractivity contribution in [2.75, 3.05) is 37.6 Å². The van der Waals surface area contributed by atoms with Crippen LogP contribution in [0.4, 0.5) is 10.5 Å². The Morgan fingerprint density at radius 3 is 2.22 bits per heavy atom. The third-order valence-corrected chi connectivity index (χ3v) is 3.74. The molecule has 0 aromatic heterocycles. The van der Waals surface area contributed by atoms with Crippen molar-refractivity contribution in [3.05, 3.63) is 30.3 Å². The van der Waals surface area contributed by atoms with Crippen molar-refractivity contribution in [3.63, 3.8) is 0 Å². The lowest BCUT2D eigenvalue weighted by Crippen LogP contribution is -2.52. The topological polar surface area (TPSA) is 35.6 Å². The molecule has 1 fully saturated rings. The summed E-state index contributed by atoms with van der Waals surface area (Å²) in [5, 5.41) is 2.98. The molecule has 1 aliphatic heterocycles. The zero-order valence-corrected chi connectivity index (χ0v) is 14.6. The predicted octanol–water partition coefficient (Wildman–Crippen LogP) is 3.35. The van der Waals surface area contributed by atoms with E-state index >= 15 is 0 Å². The molecule has 0 atom stereocenters. The van der Waals surface area contributed by atoms with Crippen molar-refractivity contribution in [1.29, 1.82) is 0 Å². The number of nitrogens with one attached hydrogen (secondary N) is 1. The van der Waals surface area contributed by atoms with Gasteiger partial charge in [0, 0.05) is 38.4 Å². The van der Waals surface area contributed by atoms with Gasteiger partial charge in [0.25, 0.3) is 0 Å². The fourth-order valence-corrected chi connectivity index (χ4v) is 2.29. The molecular formula is C19H29N3O. The zero-order chi connectivity index (χ0) is 16.9. The average molecular weight is 315 g/mol. The van der Waals surface area contributed by atoms with Gasteiger partial charge in [-0.1, -0.05) is 31.5 Å². The van der Waals surface area contributed by atoms with Crippen molar-refractivity contribution < 1.29 is 4.79 Å². The molecule has 0 unspecified atom stereocenters. The van der Waals surface area contributed by atoms with Crippen LogP contribution >= 0.6 is 0 Å². The van der Waals surface area contributed by atoms with E-state index in [0.29, 0.717) is 0 Å². The van der Waals surface area contributed by atoms with Crippen LogP contribution in [0.2, 0.25) is 0 Å². The van der Waals surface area contributed by atoms with Gasteiger partial charge in [0.1, 0.15) is 0 Å². The summed E-state index contributed by atoms with van der Waals surface area (Å²) in [6.45, 7) is 9.97. The fraction of sp³-hybridized carbons (Fsp3) is 0.526. The Kier molecular flexibility index (Phi) is 9.38. The number of hydrogen-bond acceptors (Lipinski definition) is 2. The third-order valence-electron chi connectivity index (χ3n) is 3.74. The second-order valence-electron chi connectivity index (χ2n) is 5.40. The van der Waals surface area contributed by atoms with E-state index in [1.54, 1.807) is 0 Å². The molecule has 126 valence electrons. The number of rotatable bonds is 4. The van der Waals surface area contributed by atoms with Crippen LogP contribution in [0.15, 0.2) is 30.3 Å². The number of hydrogen-bond donors (Lipinski definition) is 1. The number of amides is 2. The van der Waals surface area contributed by atoms with Crippen molar-refractivity contribution in [2.24, 2.45) is 0 Å². The van der Waals surface area contributed by atoms with Gasteiger partial charge in [-0.25, -0.2) is 4.79 Å². The molecule has 1 saturated heterocycles. The van der Waals surface area contributed by atoms with E-state index in [4.69, 9.17) is 0 Å². The van der Waals surface area contributed by atoms with Crippen molar-refractivity contribution in [2.45, 2.75) is 33.6 Å². The summed E-state index contributed by atoms with van der Waals surface area (Å²) in [7, 11) is 0. The molecule has 0 aliphatic carbocycles.